The van der Waals surface area contributed by atoms with Crippen LogP contribution in [0.3, 0.4) is 0 Å². The van der Waals surface area contributed by atoms with Crippen LogP contribution in [0.25, 0.3) is 0 Å². The van der Waals surface area contributed by atoms with Gasteiger partial charge in [0.25, 0.3) is 0 Å². The molecule has 0 saturated carbocycles. The van der Waals surface area contributed by atoms with Crippen molar-refractivity contribution < 1.29 is 8.80 Å². The lowest BCUT2D eigenvalue weighted by atomic mass is 10.3. The minimum Gasteiger partial charge on any atom is -0.347 e. The van der Waals surface area contributed by atoms with E-state index in [0.29, 0.717) is 8.12 Å². The van der Waals surface area contributed by atoms with Crippen molar-refractivity contribution in [1.29, 1.82) is 0 Å². The lowest BCUT2D eigenvalue weighted by Crippen LogP contribution is -2.47. The van der Waals surface area contributed by atoms with Gasteiger partial charge in [-0.1, -0.05) is 0 Å². The van der Waals surface area contributed by atoms with Gasteiger partial charge < -0.3 is 8.80 Å². The van der Waals surface area contributed by atoms with Gasteiger partial charge in [0, 0.05) is 0 Å². The predicted molar refractivity (Wildman–Crippen MR) is 52.1 cm³/mol. The molecule has 0 aliphatic carbocycles. The molecule has 0 unspecified atom stereocenters. The molecule has 1 nitrogen and oxygen atoms in total. The molecule has 0 saturated heterocycles. The van der Waals surface area contributed by atoms with E-state index >= 15 is 0 Å². The lowest BCUT2D eigenvalue weighted by Gasteiger charge is -2.34. The topological polar surface area (TPSA) is 0 Å². The fraction of sp³-hybridized carbons (Fsp3) is 1.00. The maximum atomic E-state index is 9.50. The summed E-state index contributed by atoms with van der Waals surface area (Å²) in [4.78, 5) is 0. The third kappa shape index (κ3) is 4.41. The Labute approximate surface area is 71.6 Å². The van der Waals surface area contributed by atoms with Crippen LogP contribution in [0.2, 0.25) is 0 Å². The van der Waals surface area contributed by atoms with E-state index in [1.54, 1.807) is 0 Å². The van der Waals surface area contributed by atoms with Gasteiger partial charge in [0.15, 0.2) is 0 Å². The number of halogens is 1. The summed E-state index contributed by atoms with van der Waals surface area (Å²) in [7, 11) is 0.500. The van der Waals surface area contributed by atoms with E-state index in [0.717, 1.165) is 0 Å². The molecule has 0 aliphatic rings. The van der Waals surface area contributed by atoms with E-state index in [1.807, 2.05) is 0 Å². The number of quaternary nitrogens is 1. The Morgan fingerprint density at radius 2 is 1.00 bits per heavy atom. The fourth-order valence-electron chi connectivity index (χ4n) is 1.34. The summed E-state index contributed by atoms with van der Waals surface area (Å²) in [5.74, 6) is 0. The first-order valence-corrected chi connectivity index (χ1v) is 4.47. The van der Waals surface area contributed by atoms with Crippen LogP contribution in [0.5, 0.6) is 0 Å². The van der Waals surface area contributed by atoms with Crippen molar-refractivity contribution >= 4 is 8.12 Å². The third-order valence-corrected chi connectivity index (χ3v) is 2.68. The van der Waals surface area contributed by atoms with Gasteiger partial charge in [-0.05, 0) is 27.7 Å². The van der Waals surface area contributed by atoms with Crippen molar-refractivity contribution in [3.05, 3.63) is 0 Å². The summed E-state index contributed by atoms with van der Waals surface area (Å²) in [5, 5.41) is 0. The largest absolute Gasteiger partial charge is 0.347 e. The van der Waals surface area contributed by atoms with Crippen LogP contribution < -0.4 is 0 Å². The first-order valence-electron chi connectivity index (χ1n) is 4.47. The number of rotatable bonds is 4. The molecular formula is C8H22BFN+. The quantitative estimate of drug-likeness (QED) is 0.432. The second-order valence-electron chi connectivity index (χ2n) is 2.61. The second-order valence-corrected chi connectivity index (χ2v) is 2.61. The molecule has 0 aromatic heterocycles. The smallest absolute Gasteiger partial charge is 0.314 e. The molecule has 11 heavy (non-hydrogen) atoms. The monoisotopic (exact) mass is 162 g/mol. The molecule has 0 heterocycles. The van der Waals surface area contributed by atoms with Crippen LogP contribution in [0, 0.1) is 0 Å². The Kier molecular flexibility index (Phi) is 9.91. The molecule has 0 aromatic rings. The molecule has 0 radical (unpaired) electrons. The minimum atomic E-state index is 0.500. The minimum absolute atomic E-state index is 0.500. The Balaban J connectivity index is 0. The summed E-state index contributed by atoms with van der Waals surface area (Å²) < 4.78 is 10.8. The van der Waals surface area contributed by atoms with Gasteiger partial charge in [0.1, 0.15) is 0 Å². The number of hydrogen-bond acceptors (Lipinski definition) is 0. The highest BCUT2D eigenvalue weighted by atomic mass is 19.1. The van der Waals surface area contributed by atoms with Crippen molar-refractivity contribution in [3.63, 3.8) is 0 Å². The van der Waals surface area contributed by atoms with Crippen molar-refractivity contribution in [2.45, 2.75) is 27.7 Å². The predicted octanol–water partition coefficient (Wildman–Crippen LogP) is 1.39. The number of nitrogens with zero attached hydrogens (tertiary/aromatic N) is 1. The van der Waals surface area contributed by atoms with E-state index in [1.165, 1.54) is 30.7 Å². The van der Waals surface area contributed by atoms with Crippen molar-refractivity contribution in [2.75, 3.05) is 26.2 Å². The summed E-state index contributed by atoms with van der Waals surface area (Å²) in [6, 6.07) is 0. The summed E-state index contributed by atoms with van der Waals surface area (Å²) in [6.45, 7) is 14.2. The number of hydrogen-bond donors (Lipinski definition) is 0. The lowest BCUT2D eigenvalue weighted by molar-refractivity contribution is -0.921. The average Bonchev–Trinajstić information content (AvgIpc) is 2.13. The zero-order chi connectivity index (χ0) is 9.33. The van der Waals surface area contributed by atoms with Crippen LogP contribution in [0.4, 0.5) is 4.32 Å². The molecule has 0 N–H and O–H groups in total. The molecule has 0 aliphatic heterocycles. The Morgan fingerprint density at radius 3 is 1.00 bits per heavy atom. The molecule has 0 atom stereocenters. The van der Waals surface area contributed by atoms with Gasteiger partial charge >= 0.3 is 8.12 Å². The Bertz CT molecular complexity index is 57.0. The van der Waals surface area contributed by atoms with E-state index < -0.39 is 0 Å². The molecule has 0 spiro atoms. The van der Waals surface area contributed by atoms with Gasteiger partial charge in [-0.2, -0.15) is 0 Å². The summed E-state index contributed by atoms with van der Waals surface area (Å²) in [5.41, 5.74) is 0. The average molecular weight is 162 g/mol. The molecule has 0 amide bonds. The molecule has 0 bridgehead atoms. The summed E-state index contributed by atoms with van der Waals surface area (Å²) >= 11 is 0. The van der Waals surface area contributed by atoms with Crippen LogP contribution in [-0.2, 0) is 0 Å². The van der Waals surface area contributed by atoms with Crippen LogP contribution in [0.15, 0.2) is 0 Å². The highest BCUT2D eigenvalue weighted by Crippen LogP contribution is 2.03. The third-order valence-electron chi connectivity index (χ3n) is 2.68. The highest BCUT2D eigenvalue weighted by molar-refractivity contribution is 5.96. The van der Waals surface area contributed by atoms with Crippen molar-refractivity contribution in [3.8, 4) is 0 Å². The SMILES string of the molecule is BF.CC[N+](CC)(CC)CC. The standard InChI is InChI=1S/C8H20N.BFH2/c1-5-9(6-2,7-3)8-4;1-2/h5-8H2,1-4H3;1H2/q+1;. The van der Waals surface area contributed by atoms with Gasteiger partial charge in [0.05, 0.1) is 26.2 Å². The van der Waals surface area contributed by atoms with Crippen molar-refractivity contribution in [2.24, 2.45) is 0 Å². The Morgan fingerprint density at radius 1 is 0.818 bits per heavy atom. The van der Waals surface area contributed by atoms with E-state index in [-0.39, 0.29) is 0 Å². The van der Waals surface area contributed by atoms with E-state index in [2.05, 4.69) is 27.7 Å². The van der Waals surface area contributed by atoms with Gasteiger partial charge in [-0.25, -0.2) is 0 Å². The second kappa shape index (κ2) is 8.06. The van der Waals surface area contributed by atoms with Gasteiger partial charge in [0.2, 0.25) is 0 Å². The maximum Gasteiger partial charge on any atom is 0.314 e. The molecule has 0 rings (SSSR count). The van der Waals surface area contributed by atoms with Crippen molar-refractivity contribution in [1.82, 2.24) is 0 Å². The highest BCUT2D eigenvalue weighted by Gasteiger charge is 2.16. The van der Waals surface area contributed by atoms with Crippen LogP contribution in [0.1, 0.15) is 27.7 Å². The molecule has 0 aromatic carbocycles. The van der Waals surface area contributed by atoms with Gasteiger partial charge in [-0.15, -0.1) is 0 Å². The first kappa shape index (κ1) is 13.5. The van der Waals surface area contributed by atoms with Crippen LogP contribution in [-0.4, -0.2) is 38.8 Å². The normalized spacial score (nSPS) is 10.3. The molecule has 3 heteroatoms. The Hall–Kier alpha value is -0.0451. The molecular weight excluding hydrogens is 140 g/mol. The first-order chi connectivity index (χ1) is 5.24. The van der Waals surface area contributed by atoms with Gasteiger partial charge in [-0.3, -0.25) is 0 Å². The fourth-order valence-corrected chi connectivity index (χ4v) is 1.34. The molecule has 0 fully saturated rings. The zero-order valence-corrected chi connectivity index (χ0v) is 8.65. The van der Waals surface area contributed by atoms with E-state index in [4.69, 9.17) is 0 Å². The summed E-state index contributed by atoms with van der Waals surface area (Å²) in [6.07, 6.45) is 0. The van der Waals surface area contributed by atoms with E-state index in [9.17, 15) is 4.32 Å². The van der Waals surface area contributed by atoms with Crippen LogP contribution >= 0.6 is 0 Å². The zero-order valence-electron chi connectivity index (χ0n) is 8.65. The maximum absolute atomic E-state index is 9.50. The molecule has 68 valence electrons.